The zero-order valence-corrected chi connectivity index (χ0v) is 11.8. The van der Waals surface area contributed by atoms with E-state index in [-0.39, 0.29) is 5.91 Å². The lowest BCUT2D eigenvalue weighted by Crippen LogP contribution is -2.37. The molecule has 1 N–H and O–H groups in total. The summed E-state index contributed by atoms with van der Waals surface area (Å²) in [4.78, 5) is 23.3. The molecule has 2 aromatic carbocycles. The Morgan fingerprint density at radius 2 is 2.05 bits per heavy atom. The van der Waals surface area contributed by atoms with Crippen LogP contribution in [0, 0.1) is 0 Å². The lowest BCUT2D eigenvalue weighted by atomic mass is 10.0. The van der Waals surface area contributed by atoms with Gasteiger partial charge < -0.3 is 10.1 Å². The molecule has 1 amide bonds. The first kappa shape index (κ1) is 13.6. The minimum atomic E-state index is -0.620. The zero-order valence-electron chi connectivity index (χ0n) is 11.8. The van der Waals surface area contributed by atoms with Crippen molar-refractivity contribution in [1.29, 1.82) is 0 Å². The molecule has 1 atom stereocenters. The van der Waals surface area contributed by atoms with Crippen LogP contribution in [0.5, 0.6) is 5.75 Å². The first-order valence-corrected chi connectivity index (χ1v) is 7.13. The van der Waals surface area contributed by atoms with Gasteiger partial charge in [0, 0.05) is 6.04 Å². The summed E-state index contributed by atoms with van der Waals surface area (Å²) in [6.07, 6.45) is 2.23. The molecule has 4 nitrogen and oxygen atoms in total. The molecule has 0 aliphatic heterocycles. The van der Waals surface area contributed by atoms with Crippen LogP contribution in [0.3, 0.4) is 0 Å². The smallest absolute Gasteiger partial charge is 0.260 e. The summed E-state index contributed by atoms with van der Waals surface area (Å²) in [5.74, 6) is 0.310. The molecule has 108 valence electrons. The second-order valence-corrected chi connectivity index (χ2v) is 5.36. The van der Waals surface area contributed by atoms with Gasteiger partial charge in [0.2, 0.25) is 0 Å². The molecule has 1 saturated carbocycles. The molecule has 0 heterocycles. The second kappa shape index (κ2) is 5.56. The number of carbonyl (C=O) groups excluding carboxylic acids is 2. The summed E-state index contributed by atoms with van der Waals surface area (Å²) < 4.78 is 5.69. The van der Waals surface area contributed by atoms with E-state index in [4.69, 9.17) is 4.74 Å². The van der Waals surface area contributed by atoms with E-state index in [0.29, 0.717) is 17.4 Å². The maximum atomic E-state index is 11.9. The molecular formula is C17H17NO3. The number of carbonyl (C=O) groups is 2. The minimum Gasteiger partial charge on any atom is -0.480 e. The lowest BCUT2D eigenvalue weighted by molar-refractivity contribution is -0.127. The molecular weight excluding hydrogens is 266 g/mol. The summed E-state index contributed by atoms with van der Waals surface area (Å²) >= 11 is 0. The Labute approximate surface area is 123 Å². The first-order chi connectivity index (χ1) is 10.2. The molecule has 1 aliphatic rings. The molecule has 0 radical (unpaired) electrons. The number of aldehydes is 1. The van der Waals surface area contributed by atoms with Crippen LogP contribution >= 0.6 is 0 Å². The van der Waals surface area contributed by atoms with Crippen LogP contribution in [0.2, 0.25) is 0 Å². The van der Waals surface area contributed by atoms with Gasteiger partial charge in [-0.2, -0.15) is 0 Å². The highest BCUT2D eigenvalue weighted by molar-refractivity contribution is 6.00. The highest BCUT2D eigenvalue weighted by Crippen LogP contribution is 2.27. The van der Waals surface area contributed by atoms with E-state index >= 15 is 0 Å². The molecule has 0 spiro atoms. The number of hydrogen-bond donors (Lipinski definition) is 1. The van der Waals surface area contributed by atoms with Crippen molar-refractivity contribution in [3.63, 3.8) is 0 Å². The van der Waals surface area contributed by atoms with Crippen LogP contribution in [0.15, 0.2) is 36.4 Å². The van der Waals surface area contributed by atoms with Gasteiger partial charge in [0.15, 0.2) is 12.4 Å². The minimum absolute atomic E-state index is 0.137. The van der Waals surface area contributed by atoms with Crippen molar-refractivity contribution in [3.05, 3.63) is 42.0 Å². The number of benzene rings is 2. The van der Waals surface area contributed by atoms with E-state index in [1.807, 2.05) is 30.3 Å². The van der Waals surface area contributed by atoms with Crippen molar-refractivity contribution in [3.8, 4) is 5.75 Å². The average Bonchev–Trinajstić information content (AvgIpc) is 3.30. The molecule has 0 bridgehead atoms. The molecule has 1 fully saturated rings. The van der Waals surface area contributed by atoms with Crippen LogP contribution in [0.4, 0.5) is 0 Å². The van der Waals surface area contributed by atoms with Gasteiger partial charge in [-0.3, -0.25) is 9.59 Å². The monoisotopic (exact) mass is 283 g/mol. The van der Waals surface area contributed by atoms with Gasteiger partial charge in [-0.15, -0.1) is 0 Å². The maximum Gasteiger partial charge on any atom is 0.260 e. The maximum absolute atomic E-state index is 11.9. The molecule has 4 heteroatoms. The lowest BCUT2D eigenvalue weighted by Gasteiger charge is -2.16. The Morgan fingerprint density at radius 1 is 1.29 bits per heavy atom. The molecule has 3 rings (SSSR count). The second-order valence-electron chi connectivity index (χ2n) is 5.36. The Morgan fingerprint density at radius 3 is 2.76 bits per heavy atom. The van der Waals surface area contributed by atoms with Crippen LogP contribution in [0.1, 0.15) is 30.1 Å². The van der Waals surface area contributed by atoms with Gasteiger partial charge in [-0.25, -0.2) is 0 Å². The van der Waals surface area contributed by atoms with Crippen molar-refractivity contribution in [2.75, 3.05) is 0 Å². The summed E-state index contributed by atoms with van der Waals surface area (Å²) in [5, 5.41) is 4.70. The number of ether oxygens (including phenoxy) is 1. The summed E-state index contributed by atoms with van der Waals surface area (Å²) in [5.41, 5.74) is 0.485. The van der Waals surface area contributed by atoms with Crippen molar-refractivity contribution in [1.82, 2.24) is 5.32 Å². The quantitative estimate of drug-likeness (QED) is 0.858. The first-order valence-electron chi connectivity index (χ1n) is 7.13. The van der Waals surface area contributed by atoms with Crippen molar-refractivity contribution in [2.24, 2.45) is 0 Å². The third-order valence-corrected chi connectivity index (χ3v) is 3.65. The number of rotatable bonds is 5. The van der Waals surface area contributed by atoms with Gasteiger partial charge in [0.05, 0.1) is 5.56 Å². The Bertz CT molecular complexity index is 691. The fraction of sp³-hybridized carbons (Fsp3) is 0.294. The topological polar surface area (TPSA) is 55.4 Å². The van der Waals surface area contributed by atoms with Crippen LogP contribution in [0.25, 0.3) is 10.8 Å². The van der Waals surface area contributed by atoms with Gasteiger partial charge in [0.25, 0.3) is 5.91 Å². The van der Waals surface area contributed by atoms with E-state index < -0.39 is 6.10 Å². The molecule has 1 aliphatic carbocycles. The highest BCUT2D eigenvalue weighted by atomic mass is 16.5. The molecule has 1 unspecified atom stereocenters. The highest BCUT2D eigenvalue weighted by Gasteiger charge is 2.26. The molecule has 0 aromatic heterocycles. The van der Waals surface area contributed by atoms with E-state index in [0.717, 1.165) is 29.9 Å². The van der Waals surface area contributed by atoms with Gasteiger partial charge in [0.1, 0.15) is 5.75 Å². The van der Waals surface area contributed by atoms with Crippen molar-refractivity contribution in [2.45, 2.75) is 31.9 Å². The normalized spacial score (nSPS) is 15.5. The summed E-state index contributed by atoms with van der Waals surface area (Å²) in [6, 6.07) is 11.5. The molecule has 2 aromatic rings. The molecule has 21 heavy (non-hydrogen) atoms. The van der Waals surface area contributed by atoms with Crippen molar-refractivity contribution < 1.29 is 14.3 Å². The fourth-order valence-corrected chi connectivity index (χ4v) is 2.29. The van der Waals surface area contributed by atoms with Crippen LogP contribution in [-0.2, 0) is 4.79 Å². The number of fused-ring (bicyclic) bond motifs is 1. The number of nitrogens with one attached hydrogen (secondary N) is 1. The predicted molar refractivity (Wildman–Crippen MR) is 80.6 cm³/mol. The third-order valence-electron chi connectivity index (χ3n) is 3.65. The summed E-state index contributed by atoms with van der Waals surface area (Å²) in [6.45, 7) is 1.70. The van der Waals surface area contributed by atoms with Gasteiger partial charge >= 0.3 is 0 Å². The third kappa shape index (κ3) is 2.89. The van der Waals surface area contributed by atoms with E-state index in [1.165, 1.54) is 0 Å². The van der Waals surface area contributed by atoms with E-state index in [1.54, 1.807) is 13.0 Å². The molecule has 0 saturated heterocycles. The number of hydrogen-bond acceptors (Lipinski definition) is 3. The largest absolute Gasteiger partial charge is 0.480 e. The van der Waals surface area contributed by atoms with Crippen LogP contribution in [-0.4, -0.2) is 24.3 Å². The van der Waals surface area contributed by atoms with Gasteiger partial charge in [-0.1, -0.05) is 30.3 Å². The Kier molecular flexibility index (Phi) is 3.60. The fourth-order valence-electron chi connectivity index (χ4n) is 2.29. The zero-order chi connectivity index (χ0) is 14.8. The van der Waals surface area contributed by atoms with Crippen molar-refractivity contribution >= 4 is 23.0 Å². The van der Waals surface area contributed by atoms with Crippen LogP contribution < -0.4 is 10.1 Å². The Hall–Kier alpha value is -2.36. The number of amides is 1. The van der Waals surface area contributed by atoms with E-state index in [2.05, 4.69) is 5.32 Å². The average molecular weight is 283 g/mol. The predicted octanol–water partition coefficient (Wildman–Crippen LogP) is 2.70. The summed E-state index contributed by atoms with van der Waals surface area (Å²) in [7, 11) is 0. The van der Waals surface area contributed by atoms with Gasteiger partial charge in [-0.05, 0) is 36.6 Å². The Balaban J connectivity index is 1.85. The standard InChI is InChI=1S/C17H17NO3/c1-11(17(20)18-13-7-8-13)21-16-9-6-12-4-2-3-5-14(12)15(16)10-19/h2-6,9-11,13H,7-8H2,1H3,(H,18,20). The SMILES string of the molecule is CC(Oc1ccc2ccccc2c1C=O)C(=O)NC1CC1. The van der Waals surface area contributed by atoms with E-state index in [9.17, 15) is 9.59 Å².